The Morgan fingerprint density at radius 1 is 1.39 bits per heavy atom. The van der Waals surface area contributed by atoms with E-state index in [0.717, 1.165) is 6.42 Å². The van der Waals surface area contributed by atoms with E-state index < -0.39 is 0 Å². The van der Waals surface area contributed by atoms with Crippen molar-refractivity contribution in [3.05, 3.63) is 0 Å². The van der Waals surface area contributed by atoms with Gasteiger partial charge in [0.2, 0.25) is 0 Å². The van der Waals surface area contributed by atoms with Crippen LogP contribution in [0.25, 0.3) is 0 Å². The van der Waals surface area contributed by atoms with Gasteiger partial charge in [0.05, 0.1) is 13.2 Å². The molecule has 0 aromatic rings. The van der Waals surface area contributed by atoms with E-state index in [2.05, 4.69) is 17.2 Å². The van der Waals surface area contributed by atoms with Gasteiger partial charge < -0.3 is 15.2 Å². The number of nitrogens with one attached hydrogen (secondary N) is 1. The SMILES string of the molecule is CC(C)C#CCOCCNCC(=O)CCCCO. The number of unbranched alkanes of at least 4 members (excludes halogenated alkanes) is 1. The molecule has 0 saturated carbocycles. The Morgan fingerprint density at radius 3 is 2.83 bits per heavy atom. The summed E-state index contributed by atoms with van der Waals surface area (Å²) in [6.07, 6.45) is 2.00. The van der Waals surface area contributed by atoms with Crippen LogP contribution in [0.4, 0.5) is 0 Å². The standard InChI is InChI=1S/C14H25NO3/c1-13(2)6-5-10-18-11-8-15-12-14(17)7-3-4-9-16/h13,15-16H,3-4,7-12H2,1-2H3. The van der Waals surface area contributed by atoms with E-state index in [9.17, 15) is 4.79 Å². The van der Waals surface area contributed by atoms with Gasteiger partial charge in [0.1, 0.15) is 12.4 Å². The van der Waals surface area contributed by atoms with Crippen molar-refractivity contribution >= 4 is 5.78 Å². The summed E-state index contributed by atoms with van der Waals surface area (Å²) in [5, 5.41) is 11.6. The van der Waals surface area contributed by atoms with Gasteiger partial charge in [-0.1, -0.05) is 25.7 Å². The molecule has 0 amide bonds. The summed E-state index contributed by atoms with van der Waals surface area (Å²) in [6, 6.07) is 0. The molecule has 0 bridgehead atoms. The molecule has 0 radical (unpaired) electrons. The van der Waals surface area contributed by atoms with Gasteiger partial charge in [-0.05, 0) is 12.8 Å². The van der Waals surface area contributed by atoms with Gasteiger partial charge in [-0.25, -0.2) is 0 Å². The van der Waals surface area contributed by atoms with E-state index in [0.29, 0.717) is 45.1 Å². The van der Waals surface area contributed by atoms with Crippen LogP contribution in [-0.4, -0.2) is 43.8 Å². The quantitative estimate of drug-likeness (QED) is 0.451. The summed E-state index contributed by atoms with van der Waals surface area (Å²) in [5.74, 6) is 6.50. The summed E-state index contributed by atoms with van der Waals surface area (Å²) in [4.78, 5) is 11.3. The molecule has 2 N–H and O–H groups in total. The third kappa shape index (κ3) is 13.2. The normalized spacial score (nSPS) is 10.2. The highest BCUT2D eigenvalue weighted by Crippen LogP contribution is 1.94. The van der Waals surface area contributed by atoms with E-state index in [1.807, 2.05) is 13.8 Å². The highest BCUT2D eigenvalue weighted by Gasteiger charge is 2.00. The number of rotatable bonds is 10. The topological polar surface area (TPSA) is 58.6 Å². The molecular weight excluding hydrogens is 230 g/mol. The maximum absolute atomic E-state index is 11.3. The van der Waals surface area contributed by atoms with Crippen molar-refractivity contribution in [2.75, 3.05) is 32.9 Å². The lowest BCUT2D eigenvalue weighted by Gasteiger charge is -2.03. The molecule has 0 atom stereocenters. The van der Waals surface area contributed by atoms with Crippen molar-refractivity contribution in [2.45, 2.75) is 33.1 Å². The molecule has 0 fully saturated rings. The molecular formula is C14H25NO3. The molecule has 0 aromatic carbocycles. The van der Waals surface area contributed by atoms with Crippen molar-refractivity contribution in [3.8, 4) is 11.8 Å². The summed E-state index contributed by atoms with van der Waals surface area (Å²) in [6.45, 7) is 6.29. The molecule has 0 rings (SSSR count). The first-order chi connectivity index (χ1) is 8.66. The minimum Gasteiger partial charge on any atom is -0.396 e. The highest BCUT2D eigenvalue weighted by molar-refractivity contribution is 5.80. The highest BCUT2D eigenvalue weighted by atomic mass is 16.5. The van der Waals surface area contributed by atoms with Crippen molar-refractivity contribution in [1.82, 2.24) is 5.32 Å². The van der Waals surface area contributed by atoms with Crippen molar-refractivity contribution in [1.29, 1.82) is 0 Å². The van der Waals surface area contributed by atoms with Crippen molar-refractivity contribution in [2.24, 2.45) is 5.92 Å². The van der Waals surface area contributed by atoms with Gasteiger partial charge in [0.25, 0.3) is 0 Å². The molecule has 4 heteroatoms. The predicted molar refractivity (Wildman–Crippen MR) is 72.2 cm³/mol. The zero-order valence-corrected chi connectivity index (χ0v) is 11.5. The smallest absolute Gasteiger partial charge is 0.146 e. The molecule has 18 heavy (non-hydrogen) atoms. The van der Waals surface area contributed by atoms with Crippen LogP contribution in [0.15, 0.2) is 0 Å². The van der Waals surface area contributed by atoms with Crippen LogP contribution in [-0.2, 0) is 9.53 Å². The Labute approximate surface area is 110 Å². The van der Waals surface area contributed by atoms with Gasteiger partial charge in [-0.15, -0.1) is 0 Å². The fourth-order valence-corrected chi connectivity index (χ4v) is 1.26. The monoisotopic (exact) mass is 255 g/mol. The first kappa shape index (κ1) is 17.1. The lowest BCUT2D eigenvalue weighted by molar-refractivity contribution is -0.118. The van der Waals surface area contributed by atoms with Crippen LogP contribution in [0, 0.1) is 17.8 Å². The summed E-state index contributed by atoms with van der Waals surface area (Å²) < 4.78 is 5.28. The molecule has 0 aliphatic rings. The number of hydrogen-bond donors (Lipinski definition) is 2. The molecule has 0 aromatic heterocycles. The molecule has 0 spiro atoms. The first-order valence-corrected chi connectivity index (χ1v) is 6.56. The van der Waals surface area contributed by atoms with Crippen LogP contribution < -0.4 is 5.32 Å². The zero-order chi connectivity index (χ0) is 13.6. The summed E-state index contributed by atoms with van der Waals surface area (Å²) in [5.41, 5.74) is 0. The number of ether oxygens (including phenoxy) is 1. The number of carbonyl (C=O) groups excluding carboxylic acids is 1. The Bertz CT molecular complexity index is 266. The van der Waals surface area contributed by atoms with E-state index in [-0.39, 0.29) is 12.4 Å². The van der Waals surface area contributed by atoms with E-state index >= 15 is 0 Å². The minimum absolute atomic E-state index is 0.159. The summed E-state index contributed by atoms with van der Waals surface area (Å²) in [7, 11) is 0. The number of aliphatic hydroxyl groups excluding tert-OH is 1. The van der Waals surface area contributed by atoms with Gasteiger partial charge >= 0.3 is 0 Å². The largest absolute Gasteiger partial charge is 0.396 e. The Morgan fingerprint density at radius 2 is 2.17 bits per heavy atom. The lowest BCUT2D eigenvalue weighted by Crippen LogP contribution is -2.26. The third-order valence-electron chi connectivity index (χ3n) is 2.17. The third-order valence-corrected chi connectivity index (χ3v) is 2.17. The summed E-state index contributed by atoms with van der Waals surface area (Å²) >= 11 is 0. The Hall–Kier alpha value is -0.890. The average molecular weight is 255 g/mol. The maximum atomic E-state index is 11.3. The predicted octanol–water partition coefficient (Wildman–Crippen LogP) is 0.984. The van der Waals surface area contributed by atoms with E-state index in [4.69, 9.17) is 9.84 Å². The Balaban J connectivity index is 3.25. The molecule has 4 nitrogen and oxygen atoms in total. The van der Waals surface area contributed by atoms with Crippen molar-refractivity contribution in [3.63, 3.8) is 0 Å². The number of aliphatic hydroxyl groups is 1. The van der Waals surface area contributed by atoms with Gasteiger partial charge in [0.15, 0.2) is 0 Å². The lowest BCUT2D eigenvalue weighted by atomic mass is 10.2. The number of ketones is 1. The average Bonchev–Trinajstić information content (AvgIpc) is 2.32. The number of Topliss-reactive ketones (excluding diaryl/α,β-unsaturated/α-hetero) is 1. The molecule has 0 saturated heterocycles. The fourth-order valence-electron chi connectivity index (χ4n) is 1.26. The van der Waals surface area contributed by atoms with E-state index in [1.165, 1.54) is 0 Å². The van der Waals surface area contributed by atoms with Gasteiger partial charge in [-0.3, -0.25) is 4.79 Å². The van der Waals surface area contributed by atoms with Gasteiger partial charge in [-0.2, -0.15) is 0 Å². The van der Waals surface area contributed by atoms with Crippen LogP contribution in [0.1, 0.15) is 33.1 Å². The second kappa shape index (κ2) is 12.6. The zero-order valence-electron chi connectivity index (χ0n) is 11.5. The van der Waals surface area contributed by atoms with Gasteiger partial charge in [0, 0.05) is 25.5 Å². The minimum atomic E-state index is 0.159. The molecule has 0 unspecified atom stereocenters. The molecule has 0 aliphatic carbocycles. The second-order valence-electron chi connectivity index (χ2n) is 4.42. The van der Waals surface area contributed by atoms with Crippen LogP contribution in [0.2, 0.25) is 0 Å². The molecule has 0 aliphatic heterocycles. The van der Waals surface area contributed by atoms with Crippen LogP contribution in [0.3, 0.4) is 0 Å². The number of carbonyl (C=O) groups is 1. The molecule has 0 heterocycles. The van der Waals surface area contributed by atoms with Crippen LogP contribution >= 0.6 is 0 Å². The fraction of sp³-hybridized carbons (Fsp3) is 0.786. The maximum Gasteiger partial charge on any atom is 0.146 e. The number of hydrogen-bond acceptors (Lipinski definition) is 4. The van der Waals surface area contributed by atoms with Crippen LogP contribution in [0.5, 0.6) is 0 Å². The van der Waals surface area contributed by atoms with E-state index in [1.54, 1.807) is 0 Å². The first-order valence-electron chi connectivity index (χ1n) is 6.56. The Kier molecular flexibility index (Phi) is 11.9. The second-order valence-corrected chi connectivity index (χ2v) is 4.42. The molecule has 104 valence electrons. The van der Waals surface area contributed by atoms with Crippen molar-refractivity contribution < 1.29 is 14.6 Å².